The Morgan fingerprint density at radius 2 is 1.91 bits per heavy atom. The third-order valence-electron chi connectivity index (χ3n) is 4.31. The molecular formula is C18H21NO4. The summed E-state index contributed by atoms with van der Waals surface area (Å²) < 4.78 is 18.1. The number of benzene rings is 1. The van der Waals surface area contributed by atoms with Crippen molar-refractivity contribution in [3.63, 3.8) is 0 Å². The van der Waals surface area contributed by atoms with E-state index in [9.17, 15) is 4.79 Å². The fraction of sp³-hybridized carbons (Fsp3) is 0.389. The highest BCUT2D eigenvalue weighted by atomic mass is 16.5. The van der Waals surface area contributed by atoms with Crippen LogP contribution in [0.25, 0.3) is 11.3 Å². The monoisotopic (exact) mass is 315 g/mol. The smallest absolute Gasteiger partial charge is 0.339 e. The van der Waals surface area contributed by atoms with Crippen molar-refractivity contribution in [3.05, 3.63) is 35.0 Å². The van der Waals surface area contributed by atoms with Gasteiger partial charge in [0, 0.05) is 18.3 Å². The Hall–Kier alpha value is -2.43. The first-order valence-electron chi connectivity index (χ1n) is 7.72. The van der Waals surface area contributed by atoms with Crippen LogP contribution in [-0.4, -0.2) is 31.4 Å². The second-order valence-electron chi connectivity index (χ2n) is 5.54. The van der Waals surface area contributed by atoms with Gasteiger partial charge >= 0.3 is 5.97 Å². The number of hydrogen-bond donors (Lipinski definition) is 0. The molecule has 0 unspecified atom stereocenters. The fourth-order valence-electron chi connectivity index (χ4n) is 3.20. The highest BCUT2D eigenvalue weighted by molar-refractivity contribution is 5.94. The van der Waals surface area contributed by atoms with Gasteiger partial charge in [-0.05, 0) is 43.5 Å². The number of ether oxygens (including phenoxy) is 3. The van der Waals surface area contributed by atoms with E-state index in [2.05, 4.69) is 4.57 Å². The van der Waals surface area contributed by atoms with E-state index in [1.807, 2.05) is 32.2 Å². The molecule has 1 aliphatic heterocycles. The molecule has 0 saturated carbocycles. The molecule has 23 heavy (non-hydrogen) atoms. The molecule has 0 N–H and O–H groups in total. The van der Waals surface area contributed by atoms with Crippen LogP contribution in [0.4, 0.5) is 0 Å². The molecule has 0 atom stereocenters. The molecule has 0 radical (unpaired) electrons. The van der Waals surface area contributed by atoms with E-state index in [1.54, 1.807) is 14.2 Å². The van der Waals surface area contributed by atoms with Gasteiger partial charge in [-0.15, -0.1) is 0 Å². The van der Waals surface area contributed by atoms with Crippen LogP contribution in [0.3, 0.4) is 0 Å². The molecule has 3 rings (SSSR count). The van der Waals surface area contributed by atoms with Crippen LogP contribution in [-0.2, 0) is 17.7 Å². The molecule has 1 aromatic carbocycles. The van der Waals surface area contributed by atoms with Gasteiger partial charge in [-0.1, -0.05) is 0 Å². The average molecular weight is 315 g/mol. The van der Waals surface area contributed by atoms with Crippen LogP contribution < -0.4 is 9.47 Å². The summed E-state index contributed by atoms with van der Waals surface area (Å²) in [5.41, 5.74) is 4.91. The molecule has 0 amide bonds. The van der Waals surface area contributed by atoms with Crippen molar-refractivity contribution in [3.8, 4) is 22.8 Å². The number of carbonyl (C=O) groups excluding carboxylic acids is 1. The molecule has 1 aliphatic rings. The van der Waals surface area contributed by atoms with Gasteiger partial charge in [0.25, 0.3) is 0 Å². The summed E-state index contributed by atoms with van der Waals surface area (Å²) in [5.74, 6) is 1.15. The minimum absolute atomic E-state index is 0.270. The lowest BCUT2D eigenvalue weighted by Crippen LogP contribution is -2.10. The quantitative estimate of drug-likeness (QED) is 0.813. The van der Waals surface area contributed by atoms with E-state index in [-0.39, 0.29) is 5.97 Å². The van der Waals surface area contributed by atoms with Gasteiger partial charge in [0.05, 0.1) is 32.1 Å². The number of rotatable bonds is 4. The van der Waals surface area contributed by atoms with Gasteiger partial charge in [0.2, 0.25) is 0 Å². The number of hydrogen-bond acceptors (Lipinski definition) is 4. The number of aromatic nitrogens is 1. The van der Waals surface area contributed by atoms with Crippen LogP contribution in [0.15, 0.2) is 18.3 Å². The van der Waals surface area contributed by atoms with Crippen LogP contribution in [0.2, 0.25) is 0 Å². The predicted molar refractivity (Wildman–Crippen MR) is 87.4 cm³/mol. The Bertz CT molecular complexity index is 761. The minimum Gasteiger partial charge on any atom is -0.493 e. The van der Waals surface area contributed by atoms with Crippen molar-refractivity contribution in [2.45, 2.75) is 26.8 Å². The zero-order valence-electron chi connectivity index (χ0n) is 13.9. The molecule has 5 heteroatoms. The highest BCUT2D eigenvalue weighted by Gasteiger charge is 2.25. The highest BCUT2D eigenvalue weighted by Crippen LogP contribution is 2.41. The number of methoxy groups -OCH3 is 2. The Morgan fingerprint density at radius 1 is 1.22 bits per heavy atom. The number of esters is 1. The van der Waals surface area contributed by atoms with E-state index in [0.717, 1.165) is 35.5 Å². The summed E-state index contributed by atoms with van der Waals surface area (Å²) in [7, 11) is 3.27. The number of carbonyl (C=O) groups is 1. The first-order valence-corrected chi connectivity index (χ1v) is 7.72. The van der Waals surface area contributed by atoms with Gasteiger partial charge in [0.1, 0.15) is 0 Å². The molecule has 1 aromatic heterocycles. The number of fused-ring (bicyclic) bond motifs is 3. The summed E-state index contributed by atoms with van der Waals surface area (Å²) in [4.78, 5) is 12.1. The molecule has 0 bridgehead atoms. The molecule has 0 spiro atoms. The maximum atomic E-state index is 12.1. The Labute approximate surface area is 135 Å². The van der Waals surface area contributed by atoms with Crippen molar-refractivity contribution in [2.75, 3.05) is 20.8 Å². The lowest BCUT2D eigenvalue weighted by Gasteiger charge is -2.22. The molecule has 122 valence electrons. The zero-order valence-corrected chi connectivity index (χ0v) is 13.9. The molecular weight excluding hydrogens is 294 g/mol. The third kappa shape index (κ3) is 2.46. The van der Waals surface area contributed by atoms with Gasteiger partial charge in [-0.2, -0.15) is 0 Å². The second-order valence-corrected chi connectivity index (χ2v) is 5.54. The predicted octanol–water partition coefficient (Wildman–Crippen LogP) is 3.21. The molecule has 0 saturated heterocycles. The van der Waals surface area contributed by atoms with Crippen LogP contribution in [0.5, 0.6) is 11.5 Å². The summed E-state index contributed by atoms with van der Waals surface area (Å²) in [5, 5.41) is 0. The number of aryl methyl sites for hydroxylation is 2. The largest absolute Gasteiger partial charge is 0.493 e. The van der Waals surface area contributed by atoms with Crippen molar-refractivity contribution < 1.29 is 19.0 Å². The van der Waals surface area contributed by atoms with Gasteiger partial charge in [-0.25, -0.2) is 4.79 Å². The maximum absolute atomic E-state index is 12.1. The third-order valence-corrected chi connectivity index (χ3v) is 4.31. The van der Waals surface area contributed by atoms with E-state index >= 15 is 0 Å². The van der Waals surface area contributed by atoms with Gasteiger partial charge < -0.3 is 18.8 Å². The van der Waals surface area contributed by atoms with Crippen LogP contribution >= 0.6 is 0 Å². The lowest BCUT2D eigenvalue weighted by atomic mass is 9.95. The Morgan fingerprint density at radius 3 is 2.57 bits per heavy atom. The molecule has 2 aromatic rings. The van der Waals surface area contributed by atoms with Crippen molar-refractivity contribution in [2.24, 2.45) is 0 Å². The van der Waals surface area contributed by atoms with Crippen molar-refractivity contribution >= 4 is 5.97 Å². The Balaban J connectivity index is 2.15. The summed E-state index contributed by atoms with van der Waals surface area (Å²) in [6.45, 7) is 4.98. The normalized spacial score (nSPS) is 12.3. The van der Waals surface area contributed by atoms with E-state index in [4.69, 9.17) is 14.2 Å². The minimum atomic E-state index is -0.270. The molecule has 0 fully saturated rings. The summed E-state index contributed by atoms with van der Waals surface area (Å²) in [6.07, 6.45) is 2.78. The summed E-state index contributed by atoms with van der Waals surface area (Å²) >= 11 is 0. The fourth-order valence-corrected chi connectivity index (χ4v) is 3.20. The van der Waals surface area contributed by atoms with Crippen molar-refractivity contribution in [1.29, 1.82) is 0 Å². The maximum Gasteiger partial charge on any atom is 0.339 e. The molecule has 2 heterocycles. The Kier molecular flexibility index (Phi) is 4.03. The molecule has 0 aliphatic carbocycles. The average Bonchev–Trinajstić information content (AvgIpc) is 2.91. The van der Waals surface area contributed by atoms with Gasteiger partial charge in [-0.3, -0.25) is 0 Å². The summed E-state index contributed by atoms with van der Waals surface area (Å²) in [6, 6.07) is 4.01. The first-order chi connectivity index (χ1) is 11.1. The zero-order chi connectivity index (χ0) is 16.6. The van der Waals surface area contributed by atoms with Crippen molar-refractivity contribution in [1.82, 2.24) is 4.57 Å². The van der Waals surface area contributed by atoms with Gasteiger partial charge in [0.15, 0.2) is 11.5 Å². The van der Waals surface area contributed by atoms with E-state index < -0.39 is 0 Å². The standard InChI is InChI=1S/C18H21NO4/c1-5-23-18(20)14-10-19-7-6-12-8-15(21-3)16(22-4)9-13(12)17(19)11(14)2/h8-10H,5-7H2,1-4H3. The lowest BCUT2D eigenvalue weighted by molar-refractivity contribution is 0.0525. The second kappa shape index (κ2) is 5.99. The SMILES string of the molecule is CCOC(=O)c1cn2c(c1C)-c1cc(OC)c(OC)cc1CC2. The van der Waals surface area contributed by atoms with E-state index in [1.165, 1.54) is 5.56 Å². The first kappa shape index (κ1) is 15.5. The van der Waals surface area contributed by atoms with Crippen LogP contribution in [0.1, 0.15) is 28.4 Å². The molecule has 5 nitrogen and oxygen atoms in total. The topological polar surface area (TPSA) is 49.7 Å². The van der Waals surface area contributed by atoms with E-state index in [0.29, 0.717) is 17.9 Å². The van der Waals surface area contributed by atoms with Crippen LogP contribution in [0, 0.1) is 6.92 Å². The number of nitrogens with zero attached hydrogens (tertiary/aromatic N) is 1.